The third-order valence-corrected chi connectivity index (χ3v) is 3.81. The monoisotopic (exact) mass is 301 g/mol. The van der Waals surface area contributed by atoms with E-state index in [1.807, 2.05) is 48.5 Å². The minimum absolute atomic E-state index is 0.0367. The maximum absolute atomic E-state index is 12.1. The van der Waals surface area contributed by atoms with E-state index in [1.54, 1.807) is 11.8 Å². The average Bonchev–Trinajstić information content (AvgIpc) is 2.54. The molecule has 4 heteroatoms. The number of aliphatic hydroxyl groups excluding tert-OH is 1. The number of aliphatic hydroxyl groups is 1. The number of hydrogen-bond donors (Lipinski definition) is 2. The number of amides is 1. The minimum atomic E-state index is -0.0723. The van der Waals surface area contributed by atoms with E-state index in [9.17, 15) is 4.79 Å². The number of hydrogen-bond acceptors (Lipinski definition) is 3. The van der Waals surface area contributed by atoms with Gasteiger partial charge in [0.2, 0.25) is 0 Å². The molecule has 2 aromatic carbocycles. The standard InChI is InChI=1S/C17H19NO2S/c1-21-12-15-6-8-16(9-7-15)17(20)18-10-13-2-4-14(11-19)5-3-13/h2-9,19H,10-12H2,1H3,(H,18,20). The predicted octanol–water partition coefficient (Wildman–Crippen LogP) is 2.97. The molecule has 0 heterocycles. The van der Waals surface area contributed by atoms with Crippen LogP contribution in [0.15, 0.2) is 48.5 Å². The molecule has 2 rings (SSSR count). The van der Waals surface area contributed by atoms with E-state index in [0.29, 0.717) is 12.1 Å². The summed E-state index contributed by atoms with van der Waals surface area (Å²) in [5.74, 6) is 0.885. The fourth-order valence-corrected chi connectivity index (χ4v) is 2.49. The summed E-state index contributed by atoms with van der Waals surface area (Å²) in [7, 11) is 0. The Balaban J connectivity index is 1.91. The van der Waals surface area contributed by atoms with Crippen molar-refractivity contribution in [3.8, 4) is 0 Å². The first-order valence-corrected chi connectivity index (χ1v) is 8.17. The Hall–Kier alpha value is -1.78. The van der Waals surface area contributed by atoms with Crippen LogP contribution < -0.4 is 5.32 Å². The molecule has 0 radical (unpaired) electrons. The highest BCUT2D eigenvalue weighted by atomic mass is 32.2. The highest BCUT2D eigenvalue weighted by molar-refractivity contribution is 7.97. The smallest absolute Gasteiger partial charge is 0.251 e. The van der Waals surface area contributed by atoms with Crippen LogP contribution in [0.1, 0.15) is 27.0 Å². The zero-order valence-corrected chi connectivity index (χ0v) is 12.8. The van der Waals surface area contributed by atoms with Gasteiger partial charge >= 0.3 is 0 Å². The summed E-state index contributed by atoms with van der Waals surface area (Å²) in [4.78, 5) is 12.1. The highest BCUT2D eigenvalue weighted by Crippen LogP contribution is 2.11. The number of thioether (sulfide) groups is 1. The summed E-state index contributed by atoms with van der Waals surface area (Å²) < 4.78 is 0. The van der Waals surface area contributed by atoms with Crippen LogP contribution >= 0.6 is 11.8 Å². The van der Waals surface area contributed by atoms with Crippen LogP contribution in [0.5, 0.6) is 0 Å². The lowest BCUT2D eigenvalue weighted by atomic mass is 10.1. The molecule has 0 aliphatic carbocycles. The second kappa shape index (κ2) is 7.86. The summed E-state index contributed by atoms with van der Waals surface area (Å²) in [6.45, 7) is 0.520. The van der Waals surface area contributed by atoms with E-state index >= 15 is 0 Å². The van der Waals surface area contributed by atoms with Gasteiger partial charge in [-0.1, -0.05) is 36.4 Å². The zero-order chi connectivity index (χ0) is 15.1. The van der Waals surface area contributed by atoms with Crippen LogP contribution in [0, 0.1) is 0 Å². The summed E-state index contributed by atoms with van der Waals surface area (Å²) in [6, 6.07) is 15.2. The van der Waals surface area contributed by atoms with Gasteiger partial charge in [-0.15, -0.1) is 0 Å². The van der Waals surface area contributed by atoms with E-state index < -0.39 is 0 Å². The first kappa shape index (κ1) is 15.6. The van der Waals surface area contributed by atoms with E-state index in [0.717, 1.165) is 16.9 Å². The maximum atomic E-state index is 12.1. The molecule has 0 bridgehead atoms. The topological polar surface area (TPSA) is 49.3 Å². The quantitative estimate of drug-likeness (QED) is 0.862. The second-order valence-corrected chi connectivity index (χ2v) is 5.65. The number of nitrogens with one attached hydrogen (secondary N) is 1. The third kappa shape index (κ3) is 4.62. The van der Waals surface area contributed by atoms with Gasteiger partial charge in [-0.2, -0.15) is 11.8 Å². The lowest BCUT2D eigenvalue weighted by Crippen LogP contribution is -2.22. The Labute approximate surface area is 129 Å². The Kier molecular flexibility index (Phi) is 5.84. The van der Waals surface area contributed by atoms with Gasteiger partial charge in [0, 0.05) is 17.9 Å². The van der Waals surface area contributed by atoms with Gasteiger partial charge in [-0.3, -0.25) is 4.79 Å². The minimum Gasteiger partial charge on any atom is -0.392 e. The Morgan fingerprint density at radius 1 is 1.00 bits per heavy atom. The van der Waals surface area contributed by atoms with Crippen molar-refractivity contribution in [1.29, 1.82) is 0 Å². The Morgan fingerprint density at radius 3 is 2.14 bits per heavy atom. The second-order valence-electron chi connectivity index (χ2n) is 4.79. The van der Waals surface area contributed by atoms with Gasteiger partial charge in [-0.05, 0) is 35.1 Å². The van der Waals surface area contributed by atoms with E-state index in [4.69, 9.17) is 5.11 Å². The normalized spacial score (nSPS) is 10.4. The molecule has 0 saturated carbocycles. The molecule has 0 saturated heterocycles. The van der Waals surface area contributed by atoms with Crippen LogP contribution in [0.4, 0.5) is 0 Å². The van der Waals surface area contributed by atoms with Crippen molar-refractivity contribution in [2.24, 2.45) is 0 Å². The number of carbonyl (C=O) groups excluding carboxylic acids is 1. The van der Waals surface area contributed by atoms with Crippen LogP contribution in [-0.2, 0) is 18.9 Å². The van der Waals surface area contributed by atoms with Crippen molar-refractivity contribution in [3.63, 3.8) is 0 Å². The summed E-state index contributed by atoms with van der Waals surface area (Å²) >= 11 is 1.76. The number of rotatable bonds is 6. The average molecular weight is 301 g/mol. The van der Waals surface area contributed by atoms with Crippen molar-refractivity contribution >= 4 is 17.7 Å². The van der Waals surface area contributed by atoms with E-state index in [-0.39, 0.29) is 12.5 Å². The van der Waals surface area contributed by atoms with Crippen LogP contribution in [-0.4, -0.2) is 17.3 Å². The van der Waals surface area contributed by atoms with E-state index in [2.05, 4.69) is 11.6 Å². The number of benzene rings is 2. The van der Waals surface area contributed by atoms with Gasteiger partial charge in [-0.25, -0.2) is 0 Å². The predicted molar refractivity (Wildman–Crippen MR) is 87.2 cm³/mol. The molecule has 110 valence electrons. The molecule has 2 aromatic rings. The highest BCUT2D eigenvalue weighted by Gasteiger charge is 2.05. The SMILES string of the molecule is CSCc1ccc(C(=O)NCc2ccc(CO)cc2)cc1. The van der Waals surface area contributed by atoms with Gasteiger partial charge < -0.3 is 10.4 Å². The fraction of sp³-hybridized carbons (Fsp3) is 0.235. The Bertz CT molecular complexity index is 579. The summed E-state index contributed by atoms with van der Waals surface area (Å²) in [6.07, 6.45) is 2.06. The molecule has 0 atom stereocenters. The molecular weight excluding hydrogens is 282 g/mol. The third-order valence-electron chi connectivity index (χ3n) is 3.19. The summed E-state index contributed by atoms with van der Waals surface area (Å²) in [5, 5.41) is 11.9. The molecule has 1 amide bonds. The van der Waals surface area contributed by atoms with Crippen LogP contribution in [0.2, 0.25) is 0 Å². The zero-order valence-electron chi connectivity index (χ0n) is 12.0. The molecule has 0 unspecified atom stereocenters. The van der Waals surface area contributed by atoms with Gasteiger partial charge in [0.05, 0.1) is 6.61 Å². The molecule has 0 aliphatic heterocycles. The van der Waals surface area contributed by atoms with Crippen LogP contribution in [0.25, 0.3) is 0 Å². The van der Waals surface area contributed by atoms with Crippen molar-refractivity contribution in [3.05, 3.63) is 70.8 Å². The molecule has 0 aromatic heterocycles. The van der Waals surface area contributed by atoms with Crippen molar-refractivity contribution in [1.82, 2.24) is 5.32 Å². The fourth-order valence-electron chi connectivity index (χ4n) is 1.97. The largest absolute Gasteiger partial charge is 0.392 e. The summed E-state index contributed by atoms with van der Waals surface area (Å²) in [5.41, 5.74) is 3.78. The molecule has 0 aliphatic rings. The molecule has 21 heavy (non-hydrogen) atoms. The molecule has 0 spiro atoms. The van der Waals surface area contributed by atoms with E-state index in [1.165, 1.54) is 5.56 Å². The van der Waals surface area contributed by atoms with Crippen molar-refractivity contribution in [2.75, 3.05) is 6.26 Å². The van der Waals surface area contributed by atoms with Gasteiger partial charge in [0.15, 0.2) is 0 Å². The molecule has 3 nitrogen and oxygen atoms in total. The van der Waals surface area contributed by atoms with Gasteiger partial charge in [0.25, 0.3) is 5.91 Å². The first-order chi connectivity index (χ1) is 10.2. The van der Waals surface area contributed by atoms with Crippen LogP contribution in [0.3, 0.4) is 0 Å². The number of carbonyl (C=O) groups is 1. The molecular formula is C17H19NO2S. The first-order valence-electron chi connectivity index (χ1n) is 6.77. The lowest BCUT2D eigenvalue weighted by molar-refractivity contribution is 0.0951. The lowest BCUT2D eigenvalue weighted by Gasteiger charge is -2.07. The Morgan fingerprint density at radius 2 is 1.57 bits per heavy atom. The van der Waals surface area contributed by atoms with Gasteiger partial charge in [0.1, 0.15) is 0 Å². The maximum Gasteiger partial charge on any atom is 0.251 e. The molecule has 2 N–H and O–H groups in total. The van der Waals surface area contributed by atoms with Crippen molar-refractivity contribution < 1.29 is 9.90 Å². The molecule has 0 fully saturated rings. The van der Waals surface area contributed by atoms with Crippen molar-refractivity contribution in [2.45, 2.75) is 18.9 Å².